The van der Waals surface area contributed by atoms with Gasteiger partial charge in [-0.1, -0.05) is 12.1 Å². The van der Waals surface area contributed by atoms with Gasteiger partial charge in [0.2, 0.25) is 0 Å². The molecule has 0 radical (unpaired) electrons. The van der Waals surface area contributed by atoms with E-state index in [4.69, 9.17) is 0 Å². The predicted molar refractivity (Wildman–Crippen MR) is 66.4 cm³/mol. The average Bonchev–Trinajstić information content (AvgIpc) is 2.66. The highest BCUT2D eigenvalue weighted by molar-refractivity contribution is 5.64. The Morgan fingerprint density at radius 3 is 2.44 bits per heavy atom. The average molecular weight is 243 g/mol. The van der Waals surface area contributed by atoms with Crippen molar-refractivity contribution in [2.45, 2.75) is 26.7 Å². The molecule has 0 aliphatic carbocycles. The fraction of sp³-hybridized carbons (Fsp3) is 0.286. The minimum Gasteiger partial charge on any atom is -0.550 e. The van der Waals surface area contributed by atoms with Crippen molar-refractivity contribution in [3.05, 3.63) is 47.3 Å². The summed E-state index contributed by atoms with van der Waals surface area (Å²) in [6.45, 7) is 3.96. The lowest BCUT2D eigenvalue weighted by atomic mass is 10.1. The van der Waals surface area contributed by atoms with E-state index in [1.807, 2.05) is 48.9 Å². The SMILES string of the molecule is Cc1cc(C)n(-c2ccc(CCC(=O)[O-])cc2)n1. The van der Waals surface area contributed by atoms with E-state index in [1.54, 1.807) is 0 Å². The van der Waals surface area contributed by atoms with Crippen LogP contribution in [0.15, 0.2) is 30.3 Å². The Kier molecular flexibility index (Phi) is 3.46. The number of aryl methyl sites for hydroxylation is 3. The van der Waals surface area contributed by atoms with E-state index in [0.29, 0.717) is 6.42 Å². The van der Waals surface area contributed by atoms with Crippen LogP contribution < -0.4 is 5.11 Å². The number of nitrogens with zero attached hydrogens (tertiary/aromatic N) is 2. The second-order valence-electron chi connectivity index (χ2n) is 4.38. The Balaban J connectivity index is 2.17. The molecule has 4 heteroatoms. The van der Waals surface area contributed by atoms with Crippen LogP contribution >= 0.6 is 0 Å². The van der Waals surface area contributed by atoms with Gasteiger partial charge in [0.25, 0.3) is 0 Å². The second-order valence-corrected chi connectivity index (χ2v) is 4.38. The van der Waals surface area contributed by atoms with Crippen LogP contribution in [0.2, 0.25) is 0 Å². The normalized spacial score (nSPS) is 10.6. The van der Waals surface area contributed by atoms with E-state index >= 15 is 0 Å². The maximum absolute atomic E-state index is 10.4. The Labute approximate surface area is 106 Å². The molecule has 0 unspecified atom stereocenters. The molecule has 1 aromatic heterocycles. The number of hydrogen-bond acceptors (Lipinski definition) is 3. The van der Waals surface area contributed by atoms with Gasteiger partial charge < -0.3 is 9.90 Å². The van der Waals surface area contributed by atoms with Crippen LogP contribution in [0.1, 0.15) is 23.4 Å². The van der Waals surface area contributed by atoms with Gasteiger partial charge in [-0.25, -0.2) is 4.68 Å². The van der Waals surface area contributed by atoms with Gasteiger partial charge in [0.15, 0.2) is 0 Å². The summed E-state index contributed by atoms with van der Waals surface area (Å²) in [5, 5.41) is 14.8. The third kappa shape index (κ3) is 2.77. The van der Waals surface area contributed by atoms with Crippen LogP contribution in [-0.4, -0.2) is 15.7 Å². The first-order valence-corrected chi connectivity index (χ1v) is 5.88. The highest BCUT2D eigenvalue weighted by Gasteiger charge is 2.03. The molecule has 1 aromatic carbocycles. The topological polar surface area (TPSA) is 58.0 Å². The van der Waals surface area contributed by atoms with Crippen molar-refractivity contribution in [3.63, 3.8) is 0 Å². The second kappa shape index (κ2) is 5.04. The van der Waals surface area contributed by atoms with Crippen LogP contribution in [0.5, 0.6) is 0 Å². The quantitative estimate of drug-likeness (QED) is 0.810. The van der Waals surface area contributed by atoms with Gasteiger partial charge in [-0.05, 0) is 50.5 Å². The minimum atomic E-state index is -1.02. The van der Waals surface area contributed by atoms with E-state index in [9.17, 15) is 9.90 Å². The van der Waals surface area contributed by atoms with Gasteiger partial charge in [-0.3, -0.25) is 0 Å². The summed E-state index contributed by atoms with van der Waals surface area (Å²) in [6, 6.07) is 9.77. The number of carboxylic acids is 1. The fourth-order valence-corrected chi connectivity index (χ4v) is 1.94. The Morgan fingerprint density at radius 2 is 1.94 bits per heavy atom. The summed E-state index contributed by atoms with van der Waals surface area (Å²) >= 11 is 0. The number of aromatic nitrogens is 2. The molecule has 0 aliphatic heterocycles. The zero-order valence-corrected chi connectivity index (χ0v) is 10.5. The van der Waals surface area contributed by atoms with Crippen molar-refractivity contribution in [2.75, 3.05) is 0 Å². The summed E-state index contributed by atoms with van der Waals surface area (Å²) in [4.78, 5) is 10.4. The number of carbonyl (C=O) groups is 1. The first kappa shape index (κ1) is 12.4. The van der Waals surface area contributed by atoms with Crippen molar-refractivity contribution in [1.29, 1.82) is 0 Å². The molecule has 0 N–H and O–H groups in total. The van der Waals surface area contributed by atoms with Crippen LogP contribution in [0, 0.1) is 13.8 Å². The molecule has 2 aromatic rings. The van der Waals surface area contributed by atoms with Gasteiger partial charge in [0, 0.05) is 11.7 Å². The molecule has 0 bridgehead atoms. The van der Waals surface area contributed by atoms with E-state index in [1.165, 1.54) is 0 Å². The molecular weight excluding hydrogens is 228 g/mol. The molecule has 2 rings (SSSR count). The summed E-state index contributed by atoms with van der Waals surface area (Å²) in [5.41, 5.74) is 4.03. The maximum Gasteiger partial charge on any atom is 0.0648 e. The van der Waals surface area contributed by atoms with Crippen molar-refractivity contribution in [1.82, 2.24) is 9.78 Å². The number of hydrogen-bond donors (Lipinski definition) is 0. The Hall–Kier alpha value is -2.10. The zero-order valence-electron chi connectivity index (χ0n) is 10.5. The lowest BCUT2D eigenvalue weighted by molar-refractivity contribution is -0.305. The van der Waals surface area contributed by atoms with Crippen LogP contribution in [0.3, 0.4) is 0 Å². The van der Waals surface area contributed by atoms with Crippen LogP contribution in [0.25, 0.3) is 5.69 Å². The van der Waals surface area contributed by atoms with Gasteiger partial charge in [-0.2, -0.15) is 5.10 Å². The van der Waals surface area contributed by atoms with E-state index < -0.39 is 5.97 Å². The van der Waals surface area contributed by atoms with Crippen LogP contribution in [-0.2, 0) is 11.2 Å². The van der Waals surface area contributed by atoms with Gasteiger partial charge >= 0.3 is 0 Å². The molecule has 0 spiro atoms. The Morgan fingerprint density at radius 1 is 1.28 bits per heavy atom. The summed E-state index contributed by atoms with van der Waals surface area (Å²) in [5.74, 6) is -1.02. The number of rotatable bonds is 4. The van der Waals surface area contributed by atoms with E-state index in [-0.39, 0.29) is 6.42 Å². The highest BCUT2D eigenvalue weighted by Crippen LogP contribution is 2.13. The number of carboxylic acid groups (broad SMARTS) is 1. The molecule has 94 valence electrons. The molecule has 0 fully saturated rings. The van der Waals surface area contributed by atoms with E-state index in [0.717, 1.165) is 22.6 Å². The van der Waals surface area contributed by atoms with Crippen molar-refractivity contribution in [2.24, 2.45) is 0 Å². The lowest BCUT2D eigenvalue weighted by Crippen LogP contribution is -2.22. The van der Waals surface area contributed by atoms with Crippen molar-refractivity contribution >= 4 is 5.97 Å². The molecule has 0 amide bonds. The lowest BCUT2D eigenvalue weighted by Gasteiger charge is -2.06. The maximum atomic E-state index is 10.4. The summed E-state index contributed by atoms with van der Waals surface area (Å²) in [6.07, 6.45) is 0.555. The number of aliphatic carboxylic acids is 1. The molecule has 0 saturated carbocycles. The zero-order chi connectivity index (χ0) is 13.1. The van der Waals surface area contributed by atoms with Crippen molar-refractivity contribution < 1.29 is 9.90 Å². The van der Waals surface area contributed by atoms with Gasteiger partial charge in [0.05, 0.1) is 11.4 Å². The Bertz CT molecular complexity index is 556. The molecule has 0 atom stereocenters. The van der Waals surface area contributed by atoms with Crippen LogP contribution in [0.4, 0.5) is 0 Å². The highest BCUT2D eigenvalue weighted by atomic mass is 16.4. The fourth-order valence-electron chi connectivity index (χ4n) is 1.94. The number of carbonyl (C=O) groups excluding carboxylic acids is 1. The summed E-state index contributed by atoms with van der Waals surface area (Å²) in [7, 11) is 0. The standard InChI is InChI=1S/C14H16N2O2/c1-10-9-11(2)16(15-10)13-6-3-12(4-7-13)5-8-14(17)18/h3-4,6-7,9H,5,8H2,1-2H3,(H,17,18)/p-1. The van der Waals surface area contributed by atoms with Crippen molar-refractivity contribution in [3.8, 4) is 5.69 Å². The smallest absolute Gasteiger partial charge is 0.0648 e. The third-order valence-corrected chi connectivity index (χ3v) is 2.81. The first-order valence-electron chi connectivity index (χ1n) is 5.88. The van der Waals surface area contributed by atoms with Gasteiger partial charge in [-0.15, -0.1) is 0 Å². The minimum absolute atomic E-state index is 0.0548. The molecule has 0 aliphatic rings. The molecule has 4 nitrogen and oxygen atoms in total. The summed E-state index contributed by atoms with van der Waals surface area (Å²) < 4.78 is 1.87. The molecular formula is C14H15N2O2-. The van der Waals surface area contributed by atoms with Gasteiger partial charge in [0.1, 0.15) is 0 Å². The largest absolute Gasteiger partial charge is 0.550 e. The first-order chi connectivity index (χ1) is 8.56. The molecule has 1 heterocycles. The number of benzene rings is 1. The van der Waals surface area contributed by atoms with E-state index in [2.05, 4.69) is 5.10 Å². The third-order valence-electron chi connectivity index (χ3n) is 2.81. The monoisotopic (exact) mass is 243 g/mol. The molecule has 0 saturated heterocycles. The predicted octanol–water partition coefficient (Wildman–Crippen LogP) is 1.17. The molecule has 18 heavy (non-hydrogen) atoms.